The first-order chi connectivity index (χ1) is 11.3. The van der Waals surface area contributed by atoms with Crippen molar-refractivity contribution in [1.29, 1.82) is 0 Å². The zero-order chi connectivity index (χ0) is 18.0. The van der Waals surface area contributed by atoms with E-state index in [1.807, 2.05) is 6.92 Å². The number of aliphatic carboxylic acids is 1. The monoisotopic (exact) mass is 338 g/mol. The van der Waals surface area contributed by atoms with Crippen LogP contribution < -0.4 is 0 Å². The molecule has 0 unspecified atom stereocenters. The van der Waals surface area contributed by atoms with Crippen molar-refractivity contribution in [2.45, 2.75) is 65.2 Å². The summed E-state index contributed by atoms with van der Waals surface area (Å²) in [4.78, 5) is 12.0. The number of carboxylic acid groups (broad SMARTS) is 1. The van der Waals surface area contributed by atoms with Gasteiger partial charge in [-0.1, -0.05) is 25.5 Å². The van der Waals surface area contributed by atoms with Gasteiger partial charge in [-0.05, 0) is 75.0 Å². The minimum absolute atomic E-state index is 0.0139. The molecule has 2 aliphatic rings. The lowest BCUT2D eigenvalue weighted by atomic mass is 9.46. The lowest BCUT2D eigenvalue weighted by molar-refractivity contribution is -0.164. The second kappa shape index (κ2) is 7.57. The molecule has 0 aliphatic heterocycles. The summed E-state index contributed by atoms with van der Waals surface area (Å²) in [5, 5.41) is 28.5. The lowest BCUT2D eigenvalue weighted by Gasteiger charge is -2.57. The van der Waals surface area contributed by atoms with E-state index < -0.39 is 11.4 Å². The highest BCUT2D eigenvalue weighted by Gasteiger charge is 2.57. The maximum Gasteiger partial charge on any atom is 0.309 e. The van der Waals surface area contributed by atoms with E-state index in [9.17, 15) is 15.0 Å². The van der Waals surface area contributed by atoms with Gasteiger partial charge in [-0.3, -0.25) is 4.79 Å². The van der Waals surface area contributed by atoms with Gasteiger partial charge < -0.3 is 15.3 Å². The van der Waals surface area contributed by atoms with Gasteiger partial charge in [0.15, 0.2) is 0 Å². The Morgan fingerprint density at radius 2 is 2.00 bits per heavy atom. The van der Waals surface area contributed by atoms with E-state index in [1.165, 1.54) is 5.57 Å². The molecular weight excluding hydrogens is 304 g/mol. The summed E-state index contributed by atoms with van der Waals surface area (Å²) in [6.07, 6.45) is 7.06. The van der Waals surface area contributed by atoms with Gasteiger partial charge in [0.05, 0.1) is 5.41 Å². The standard InChI is InChI=1S/C20H34O4/c1-14-5-8-17-19(2,10-4-11-20(17,3)18(23)24)16(14)7-6-15(13-22)9-12-21/h15-17,21-22H,1,4-13H2,2-3H3,(H,23,24)/t15-,16+,17+,19-,20-/m0/s1. The third-order valence-corrected chi connectivity index (χ3v) is 7.17. The van der Waals surface area contributed by atoms with Crippen molar-refractivity contribution in [2.24, 2.45) is 28.6 Å². The van der Waals surface area contributed by atoms with Crippen LogP contribution in [-0.2, 0) is 4.79 Å². The highest BCUT2D eigenvalue weighted by molar-refractivity contribution is 5.75. The Hall–Kier alpha value is -0.870. The number of aliphatic hydroxyl groups excluding tert-OH is 2. The fourth-order valence-corrected chi connectivity index (χ4v) is 5.65. The molecule has 138 valence electrons. The number of rotatable bonds is 7. The van der Waals surface area contributed by atoms with Crippen LogP contribution in [0.15, 0.2) is 12.2 Å². The second-order valence-corrected chi connectivity index (χ2v) is 8.52. The van der Waals surface area contributed by atoms with Crippen molar-refractivity contribution < 1.29 is 20.1 Å². The number of carbonyl (C=O) groups is 1. The summed E-state index contributed by atoms with van der Waals surface area (Å²) in [6, 6.07) is 0. The molecule has 3 N–H and O–H groups in total. The van der Waals surface area contributed by atoms with Crippen molar-refractivity contribution in [3.63, 3.8) is 0 Å². The van der Waals surface area contributed by atoms with Crippen molar-refractivity contribution in [3.8, 4) is 0 Å². The number of hydrogen-bond donors (Lipinski definition) is 3. The van der Waals surface area contributed by atoms with E-state index in [0.29, 0.717) is 12.3 Å². The molecule has 0 heterocycles. The quantitative estimate of drug-likeness (QED) is 0.620. The maximum atomic E-state index is 12.0. The van der Waals surface area contributed by atoms with E-state index >= 15 is 0 Å². The van der Waals surface area contributed by atoms with Crippen LogP contribution in [0.2, 0.25) is 0 Å². The van der Waals surface area contributed by atoms with Crippen LogP contribution >= 0.6 is 0 Å². The van der Waals surface area contributed by atoms with Crippen LogP contribution in [-0.4, -0.2) is 34.5 Å². The van der Waals surface area contributed by atoms with Gasteiger partial charge in [0.1, 0.15) is 0 Å². The molecule has 0 bridgehead atoms. The molecule has 2 saturated carbocycles. The van der Waals surface area contributed by atoms with Crippen LogP contribution in [0.4, 0.5) is 0 Å². The zero-order valence-electron chi connectivity index (χ0n) is 15.3. The van der Waals surface area contributed by atoms with Crippen LogP contribution in [0.25, 0.3) is 0 Å². The molecule has 24 heavy (non-hydrogen) atoms. The summed E-state index contributed by atoms with van der Waals surface area (Å²) in [7, 11) is 0. The normalized spacial score (nSPS) is 37.8. The third kappa shape index (κ3) is 3.41. The third-order valence-electron chi connectivity index (χ3n) is 7.17. The first kappa shape index (κ1) is 19.5. The first-order valence-electron chi connectivity index (χ1n) is 9.42. The van der Waals surface area contributed by atoms with E-state index in [-0.39, 0.29) is 30.5 Å². The molecule has 4 heteroatoms. The summed E-state index contributed by atoms with van der Waals surface area (Å²) in [6.45, 7) is 8.73. The SMILES string of the molecule is C=C1CC[C@@H]2[C@@](C)(CCC[C@]2(C)C(=O)O)[C@@H]1CC[C@H](CO)CCO. The van der Waals surface area contributed by atoms with E-state index in [2.05, 4.69) is 13.5 Å². The minimum atomic E-state index is -0.654. The first-order valence-corrected chi connectivity index (χ1v) is 9.42. The highest BCUT2D eigenvalue weighted by atomic mass is 16.4. The van der Waals surface area contributed by atoms with Crippen LogP contribution in [0.1, 0.15) is 65.2 Å². The van der Waals surface area contributed by atoms with Gasteiger partial charge in [0, 0.05) is 13.2 Å². The Morgan fingerprint density at radius 3 is 2.58 bits per heavy atom. The Balaban J connectivity index is 2.20. The van der Waals surface area contributed by atoms with Gasteiger partial charge >= 0.3 is 5.97 Å². The number of allylic oxidation sites excluding steroid dienone is 1. The molecule has 0 spiro atoms. The fourth-order valence-electron chi connectivity index (χ4n) is 5.65. The highest BCUT2D eigenvalue weighted by Crippen LogP contribution is 2.62. The largest absolute Gasteiger partial charge is 0.481 e. The predicted molar refractivity (Wildman–Crippen MR) is 94.6 cm³/mol. The fraction of sp³-hybridized carbons (Fsp3) is 0.850. The summed E-state index contributed by atoms with van der Waals surface area (Å²) < 4.78 is 0. The molecule has 0 saturated heterocycles. The number of carboxylic acids is 1. The molecule has 0 radical (unpaired) electrons. The molecule has 2 fully saturated rings. The predicted octanol–water partition coefficient (Wildman–Crippen LogP) is 3.62. The van der Waals surface area contributed by atoms with Crippen molar-refractivity contribution in [2.75, 3.05) is 13.2 Å². The summed E-state index contributed by atoms with van der Waals surface area (Å²) in [5.74, 6) is -0.0143. The molecule has 2 rings (SSSR count). The molecule has 0 aromatic rings. The van der Waals surface area contributed by atoms with Gasteiger partial charge in [0.25, 0.3) is 0 Å². The molecular formula is C20H34O4. The van der Waals surface area contributed by atoms with Crippen LogP contribution in [0.3, 0.4) is 0 Å². The number of hydrogen-bond acceptors (Lipinski definition) is 3. The Morgan fingerprint density at radius 1 is 1.29 bits per heavy atom. The smallest absolute Gasteiger partial charge is 0.309 e. The zero-order valence-corrected chi connectivity index (χ0v) is 15.3. The second-order valence-electron chi connectivity index (χ2n) is 8.52. The van der Waals surface area contributed by atoms with Crippen LogP contribution in [0, 0.1) is 28.6 Å². The average molecular weight is 338 g/mol. The van der Waals surface area contributed by atoms with E-state index in [0.717, 1.165) is 44.9 Å². The van der Waals surface area contributed by atoms with Gasteiger partial charge in [-0.25, -0.2) is 0 Å². The topological polar surface area (TPSA) is 77.8 Å². The lowest BCUT2D eigenvalue weighted by Crippen LogP contribution is -2.53. The van der Waals surface area contributed by atoms with Crippen molar-refractivity contribution >= 4 is 5.97 Å². The Bertz CT molecular complexity index is 474. The van der Waals surface area contributed by atoms with Gasteiger partial charge in [0.2, 0.25) is 0 Å². The average Bonchev–Trinajstić information content (AvgIpc) is 2.52. The number of fused-ring (bicyclic) bond motifs is 1. The summed E-state index contributed by atoms with van der Waals surface area (Å²) >= 11 is 0. The number of aliphatic hydroxyl groups is 2. The van der Waals surface area contributed by atoms with Crippen molar-refractivity contribution in [1.82, 2.24) is 0 Å². The Kier molecular flexibility index (Phi) is 6.14. The molecule has 5 atom stereocenters. The Labute approximate surface area is 146 Å². The minimum Gasteiger partial charge on any atom is -0.481 e. The van der Waals surface area contributed by atoms with Crippen LogP contribution in [0.5, 0.6) is 0 Å². The molecule has 2 aliphatic carbocycles. The molecule has 0 aromatic heterocycles. The molecule has 4 nitrogen and oxygen atoms in total. The van der Waals surface area contributed by atoms with Crippen molar-refractivity contribution in [3.05, 3.63) is 12.2 Å². The molecule has 0 amide bonds. The van der Waals surface area contributed by atoms with Gasteiger partial charge in [-0.2, -0.15) is 0 Å². The maximum absolute atomic E-state index is 12.0. The van der Waals surface area contributed by atoms with Gasteiger partial charge in [-0.15, -0.1) is 0 Å². The summed E-state index contributed by atoms with van der Waals surface area (Å²) in [5.41, 5.74) is 0.608. The van der Waals surface area contributed by atoms with E-state index in [1.54, 1.807) is 0 Å². The van der Waals surface area contributed by atoms with E-state index in [4.69, 9.17) is 5.11 Å². The molecule has 0 aromatic carbocycles.